The van der Waals surface area contributed by atoms with Crippen molar-refractivity contribution >= 4 is 66.0 Å². The van der Waals surface area contributed by atoms with Gasteiger partial charge in [-0.05, 0) is 162 Å². The van der Waals surface area contributed by atoms with Gasteiger partial charge in [-0.3, -0.25) is 14.5 Å². The molecule has 0 saturated carbocycles. The third-order valence-corrected chi connectivity index (χ3v) is 10.6. The first kappa shape index (κ1) is 75.7. The SMILES string of the molecule is CC(C)(C)OC(=O)NCCNCCN(CCNC(=O)OC(C)(C)C)C(=O)CC(NC(=O)OC(C)(C)C)C(=O)OCc1cccc(N(CCCCCN(CCNC(=O)OC(C)(C)C)C(=O)CC(NC(=O)OC(C)(C)C)C(=O)O)C(=O)OC(C)(C)C)c1. The summed E-state index contributed by atoms with van der Waals surface area (Å²) in [6, 6.07) is 3.36. The average molecular weight is 1210 g/mol. The van der Waals surface area contributed by atoms with Gasteiger partial charge in [0.05, 0.1) is 12.8 Å². The molecule has 8 amide bonds. The summed E-state index contributed by atoms with van der Waals surface area (Å²) in [4.78, 5) is 135. The maximum Gasteiger partial charge on any atom is 0.414 e. The van der Waals surface area contributed by atoms with E-state index in [1.807, 2.05) is 0 Å². The second-order valence-electron chi connectivity index (χ2n) is 25.9. The van der Waals surface area contributed by atoms with Gasteiger partial charge in [-0.15, -0.1) is 0 Å². The molecular formula is C58H99N9O18. The van der Waals surface area contributed by atoms with Crippen LogP contribution in [0.25, 0.3) is 0 Å². The van der Waals surface area contributed by atoms with Gasteiger partial charge in [0.25, 0.3) is 0 Å². The Bertz CT molecular complexity index is 2360. The lowest BCUT2D eigenvalue weighted by atomic mass is 10.1. The fourth-order valence-corrected chi connectivity index (χ4v) is 7.20. The van der Waals surface area contributed by atoms with Gasteiger partial charge in [-0.25, -0.2) is 38.4 Å². The van der Waals surface area contributed by atoms with Crippen LogP contribution in [0.3, 0.4) is 0 Å². The molecule has 0 aromatic heterocycles. The number of esters is 1. The van der Waals surface area contributed by atoms with Crippen LogP contribution in [0.15, 0.2) is 24.3 Å². The van der Waals surface area contributed by atoms with Crippen LogP contribution in [-0.4, -0.2) is 186 Å². The fourth-order valence-electron chi connectivity index (χ4n) is 7.20. The van der Waals surface area contributed by atoms with Crippen LogP contribution in [-0.2, 0) is 58.9 Å². The number of aliphatic carboxylic acids is 1. The number of ether oxygens (including phenoxy) is 7. The second kappa shape index (κ2) is 34.6. The first-order valence-corrected chi connectivity index (χ1v) is 28.6. The van der Waals surface area contributed by atoms with E-state index < -0.39 is 119 Å². The number of carbonyl (C=O) groups excluding carboxylic acids is 9. The summed E-state index contributed by atoms with van der Waals surface area (Å²) in [6.07, 6.45) is -4.77. The van der Waals surface area contributed by atoms with Gasteiger partial charge in [0.15, 0.2) is 0 Å². The van der Waals surface area contributed by atoms with Gasteiger partial charge in [-0.2, -0.15) is 0 Å². The normalized spacial score (nSPS) is 12.6. The summed E-state index contributed by atoms with van der Waals surface area (Å²) in [7, 11) is 0. The van der Waals surface area contributed by atoms with Gasteiger partial charge in [0.2, 0.25) is 11.8 Å². The molecule has 0 radical (unpaired) electrons. The second-order valence-corrected chi connectivity index (χ2v) is 25.9. The van der Waals surface area contributed by atoms with E-state index in [1.54, 1.807) is 149 Å². The van der Waals surface area contributed by atoms with Crippen LogP contribution in [0.4, 0.5) is 34.5 Å². The lowest BCUT2D eigenvalue weighted by molar-refractivity contribution is -0.150. The fraction of sp³-hybridized carbons (Fsp3) is 0.724. The minimum Gasteiger partial charge on any atom is -0.480 e. The first-order valence-electron chi connectivity index (χ1n) is 28.6. The van der Waals surface area contributed by atoms with Crippen molar-refractivity contribution in [3.8, 4) is 0 Å². The molecule has 0 fully saturated rings. The number of anilines is 1. The largest absolute Gasteiger partial charge is 0.480 e. The van der Waals surface area contributed by atoms with Crippen LogP contribution in [0.2, 0.25) is 0 Å². The maximum absolute atomic E-state index is 14.1. The van der Waals surface area contributed by atoms with E-state index in [2.05, 4.69) is 31.9 Å². The number of unbranched alkanes of at least 4 members (excludes halogenated alkanes) is 2. The Morgan fingerprint density at radius 1 is 0.459 bits per heavy atom. The Kier molecular flexibility index (Phi) is 30.8. The Morgan fingerprint density at radius 3 is 1.32 bits per heavy atom. The van der Waals surface area contributed by atoms with Crippen LogP contribution in [0, 0.1) is 0 Å². The molecule has 27 heteroatoms. The highest BCUT2D eigenvalue weighted by molar-refractivity contribution is 5.90. The van der Waals surface area contributed by atoms with Crippen LogP contribution in [0.1, 0.15) is 162 Å². The lowest BCUT2D eigenvalue weighted by Crippen LogP contribution is -2.49. The van der Waals surface area contributed by atoms with Crippen LogP contribution >= 0.6 is 0 Å². The Labute approximate surface area is 501 Å². The zero-order valence-corrected chi connectivity index (χ0v) is 53.5. The molecule has 2 unspecified atom stereocenters. The highest BCUT2D eigenvalue weighted by Gasteiger charge is 2.32. The number of nitrogens with one attached hydrogen (secondary N) is 6. The van der Waals surface area contributed by atoms with Crippen molar-refractivity contribution in [3.05, 3.63) is 29.8 Å². The quantitative estimate of drug-likeness (QED) is 0.0238. The number of hydrogen-bond donors (Lipinski definition) is 7. The van der Waals surface area contributed by atoms with E-state index in [4.69, 9.17) is 33.2 Å². The molecule has 484 valence electrons. The Hall–Kier alpha value is -7.32. The molecule has 0 heterocycles. The monoisotopic (exact) mass is 1210 g/mol. The molecule has 1 rings (SSSR count). The van der Waals surface area contributed by atoms with Crippen LogP contribution in [0.5, 0.6) is 0 Å². The number of benzene rings is 1. The van der Waals surface area contributed by atoms with Gasteiger partial charge in [0, 0.05) is 71.1 Å². The number of carbonyl (C=O) groups is 10. The van der Waals surface area contributed by atoms with Crippen molar-refractivity contribution in [1.29, 1.82) is 0 Å². The molecule has 1 aromatic carbocycles. The third-order valence-electron chi connectivity index (χ3n) is 10.6. The Balaban J connectivity index is 3.39. The van der Waals surface area contributed by atoms with E-state index in [-0.39, 0.29) is 65.5 Å². The molecule has 0 aliphatic heterocycles. The number of carboxylic acids is 1. The maximum atomic E-state index is 14.1. The van der Waals surface area contributed by atoms with E-state index in [1.165, 1.54) is 14.7 Å². The highest BCUT2D eigenvalue weighted by atomic mass is 16.6. The van der Waals surface area contributed by atoms with E-state index in [0.29, 0.717) is 37.1 Å². The molecule has 27 nitrogen and oxygen atoms in total. The number of amides is 8. The molecule has 0 bridgehead atoms. The molecule has 0 aliphatic rings. The van der Waals surface area contributed by atoms with Gasteiger partial charge in [0.1, 0.15) is 52.3 Å². The minimum atomic E-state index is -1.62. The van der Waals surface area contributed by atoms with E-state index in [9.17, 15) is 53.1 Å². The highest BCUT2D eigenvalue weighted by Crippen LogP contribution is 2.22. The van der Waals surface area contributed by atoms with Crippen molar-refractivity contribution in [2.75, 3.05) is 70.3 Å². The smallest absolute Gasteiger partial charge is 0.414 e. The summed E-state index contributed by atoms with van der Waals surface area (Å²) >= 11 is 0. The topological polar surface area (TPSA) is 337 Å². The summed E-state index contributed by atoms with van der Waals surface area (Å²) in [6.45, 7) is 30.8. The number of alkyl carbamates (subject to hydrolysis) is 5. The van der Waals surface area contributed by atoms with Crippen molar-refractivity contribution in [3.63, 3.8) is 0 Å². The minimum absolute atomic E-state index is 0.0239. The summed E-state index contributed by atoms with van der Waals surface area (Å²) < 4.78 is 38.1. The number of rotatable bonds is 29. The van der Waals surface area contributed by atoms with E-state index >= 15 is 0 Å². The molecule has 0 aliphatic carbocycles. The Morgan fingerprint density at radius 2 is 0.859 bits per heavy atom. The van der Waals surface area contributed by atoms with E-state index in [0.717, 1.165) is 0 Å². The van der Waals surface area contributed by atoms with Gasteiger partial charge in [-0.1, -0.05) is 12.1 Å². The predicted octanol–water partition coefficient (Wildman–Crippen LogP) is 7.11. The van der Waals surface area contributed by atoms with Gasteiger partial charge < -0.3 is 80.0 Å². The third kappa shape index (κ3) is 37.6. The standard InChI is InChI=1S/C58H99N9O18/c1-53(2,3)80-47(73)60-26-25-59-27-32-66(34-29-62-49(75)82-55(7,8)9)44(69)37-42(64-51(77)84-57(13,14)15)46(72)79-38-39-23-22-24-40(35-39)67(52(78)85-58(16,17)18)31-21-19-20-30-65(33-28-61-48(74)81-54(4,5)6)43(68)36-41(45(70)71)63-50(76)83-56(10,11)12/h22-24,35,41-42,59H,19-21,25-34,36-38H2,1-18H3,(H,60,73)(H,61,74)(H,62,75)(H,63,76)(H,64,77)(H,70,71). The van der Waals surface area contributed by atoms with Gasteiger partial charge >= 0.3 is 48.5 Å². The lowest BCUT2D eigenvalue weighted by Gasteiger charge is -2.28. The molecule has 1 aromatic rings. The molecule has 85 heavy (non-hydrogen) atoms. The molecule has 7 N–H and O–H groups in total. The summed E-state index contributed by atoms with van der Waals surface area (Å²) in [5.41, 5.74) is -4.30. The molecule has 0 saturated heterocycles. The summed E-state index contributed by atoms with van der Waals surface area (Å²) in [5.74, 6) is -3.67. The molecule has 0 spiro atoms. The molecule has 2 atom stereocenters. The zero-order valence-electron chi connectivity index (χ0n) is 53.5. The number of hydrogen-bond acceptors (Lipinski definition) is 18. The van der Waals surface area contributed by atoms with Crippen molar-refractivity contribution in [2.24, 2.45) is 0 Å². The molecular weight excluding hydrogens is 1110 g/mol. The van der Waals surface area contributed by atoms with Crippen molar-refractivity contribution in [2.45, 2.75) is 209 Å². The number of nitrogens with zero attached hydrogens (tertiary/aromatic N) is 3. The van der Waals surface area contributed by atoms with Crippen molar-refractivity contribution < 1.29 is 86.2 Å². The average Bonchev–Trinajstić information content (AvgIpc) is 3.42. The van der Waals surface area contributed by atoms with Crippen molar-refractivity contribution in [1.82, 2.24) is 41.7 Å². The zero-order chi connectivity index (χ0) is 65.1. The van der Waals surface area contributed by atoms with Crippen LogP contribution < -0.4 is 36.8 Å². The number of carboxylic acid groups (broad SMARTS) is 1. The predicted molar refractivity (Wildman–Crippen MR) is 316 cm³/mol. The first-order chi connectivity index (χ1) is 38.9. The summed E-state index contributed by atoms with van der Waals surface area (Å²) in [5, 5.41) is 25.6.